The minimum absolute atomic E-state index is 0.934. The van der Waals surface area contributed by atoms with Crippen molar-refractivity contribution in [3.8, 4) is 5.75 Å². The second-order valence-corrected chi connectivity index (χ2v) is 6.35. The van der Waals surface area contributed by atoms with Gasteiger partial charge >= 0.3 is 8.45 Å². The Morgan fingerprint density at radius 2 is 1.40 bits per heavy atom. The van der Waals surface area contributed by atoms with Gasteiger partial charge in [0.2, 0.25) is 0 Å². The molecule has 20 heavy (non-hydrogen) atoms. The Balaban J connectivity index is 1.95. The van der Waals surface area contributed by atoms with Crippen LogP contribution in [0.5, 0.6) is 5.75 Å². The topological polar surface area (TPSA) is 19.1 Å². The van der Waals surface area contributed by atoms with Crippen molar-refractivity contribution < 1.29 is 4.52 Å². The molecule has 102 valence electrons. The van der Waals surface area contributed by atoms with Crippen LogP contribution in [0, 0.1) is 13.8 Å². The van der Waals surface area contributed by atoms with Crippen molar-refractivity contribution in [1.29, 1.82) is 0 Å². The first kappa shape index (κ1) is 13.0. The van der Waals surface area contributed by atoms with Gasteiger partial charge in [-0.05, 0) is 49.7 Å². The van der Waals surface area contributed by atoms with Gasteiger partial charge in [-0.3, -0.25) is 8.68 Å². The molecule has 1 aromatic carbocycles. The molecule has 0 aliphatic heterocycles. The highest BCUT2D eigenvalue weighted by atomic mass is 31.2. The first-order valence-electron chi connectivity index (χ1n) is 6.56. The summed E-state index contributed by atoms with van der Waals surface area (Å²) in [4.78, 5) is 0. The molecule has 3 nitrogen and oxygen atoms in total. The highest BCUT2D eigenvalue weighted by Crippen LogP contribution is 2.42. The number of hydrogen-bond acceptors (Lipinski definition) is 1. The Bertz CT molecular complexity index is 640. The SMILES string of the molecule is Cc1ccc(OP(n2cccc2)n2cccc2)c(C)c1. The summed E-state index contributed by atoms with van der Waals surface area (Å²) in [5.74, 6) is 0.934. The average molecular weight is 284 g/mol. The third-order valence-electron chi connectivity index (χ3n) is 3.08. The van der Waals surface area contributed by atoms with Crippen LogP contribution in [0.1, 0.15) is 11.1 Å². The highest BCUT2D eigenvalue weighted by molar-refractivity contribution is 7.49. The summed E-state index contributed by atoms with van der Waals surface area (Å²) >= 11 is 0. The van der Waals surface area contributed by atoms with Gasteiger partial charge in [0.15, 0.2) is 0 Å². The Hall–Kier alpha value is -1.99. The lowest BCUT2D eigenvalue weighted by Crippen LogP contribution is -2.04. The molecular formula is C16H17N2OP. The Kier molecular flexibility index (Phi) is 3.62. The molecule has 0 unspecified atom stereocenters. The Morgan fingerprint density at radius 3 is 1.90 bits per heavy atom. The van der Waals surface area contributed by atoms with Gasteiger partial charge in [-0.15, -0.1) is 0 Å². The van der Waals surface area contributed by atoms with E-state index in [9.17, 15) is 0 Å². The maximum Gasteiger partial charge on any atom is 0.317 e. The van der Waals surface area contributed by atoms with Crippen molar-refractivity contribution >= 4 is 8.45 Å². The molecular weight excluding hydrogens is 267 g/mol. The summed E-state index contributed by atoms with van der Waals surface area (Å²) < 4.78 is 10.5. The van der Waals surface area contributed by atoms with Crippen molar-refractivity contribution in [2.24, 2.45) is 0 Å². The summed E-state index contributed by atoms with van der Waals surface area (Å²) in [6, 6.07) is 14.4. The number of nitrogens with zero attached hydrogens (tertiary/aromatic N) is 2. The summed E-state index contributed by atoms with van der Waals surface area (Å²) in [7, 11) is -0.946. The van der Waals surface area contributed by atoms with Crippen LogP contribution in [0.25, 0.3) is 0 Å². The predicted octanol–water partition coefficient (Wildman–Crippen LogP) is 4.61. The normalized spacial score (nSPS) is 10.9. The maximum absolute atomic E-state index is 6.28. The molecule has 0 saturated heterocycles. The van der Waals surface area contributed by atoms with Crippen LogP contribution < -0.4 is 4.52 Å². The second kappa shape index (κ2) is 5.56. The molecule has 0 amide bonds. The Morgan fingerprint density at radius 1 is 0.850 bits per heavy atom. The number of hydrogen-bond donors (Lipinski definition) is 0. The van der Waals surface area contributed by atoms with E-state index in [4.69, 9.17) is 4.52 Å². The number of rotatable bonds is 4. The average Bonchev–Trinajstić information content (AvgIpc) is 3.11. The molecule has 0 aliphatic rings. The molecule has 0 N–H and O–H groups in total. The van der Waals surface area contributed by atoms with Crippen LogP contribution in [0.15, 0.2) is 67.3 Å². The smallest absolute Gasteiger partial charge is 0.317 e. The zero-order valence-electron chi connectivity index (χ0n) is 11.6. The summed E-state index contributed by atoms with van der Waals surface area (Å²) in [6.45, 7) is 4.18. The molecule has 3 aromatic rings. The minimum Gasteiger partial charge on any atom is -0.436 e. The third-order valence-corrected chi connectivity index (χ3v) is 4.77. The monoisotopic (exact) mass is 284 g/mol. The van der Waals surface area contributed by atoms with Crippen LogP contribution in [0.2, 0.25) is 0 Å². The van der Waals surface area contributed by atoms with E-state index in [1.54, 1.807) is 0 Å². The summed E-state index contributed by atoms with van der Waals surface area (Å²) in [5.41, 5.74) is 2.41. The van der Waals surface area contributed by atoms with E-state index in [2.05, 4.69) is 34.7 Å². The molecule has 2 heterocycles. The predicted molar refractivity (Wildman–Crippen MR) is 83.1 cm³/mol. The molecule has 2 aromatic heterocycles. The maximum atomic E-state index is 6.28. The van der Waals surface area contributed by atoms with E-state index in [1.807, 2.05) is 55.1 Å². The number of benzene rings is 1. The lowest BCUT2D eigenvalue weighted by atomic mass is 10.1. The van der Waals surface area contributed by atoms with Gasteiger partial charge in [-0.1, -0.05) is 17.7 Å². The second-order valence-electron chi connectivity index (χ2n) is 4.74. The van der Waals surface area contributed by atoms with Crippen LogP contribution in [0.3, 0.4) is 0 Å². The molecule has 0 saturated carbocycles. The molecule has 0 bridgehead atoms. The van der Waals surface area contributed by atoms with Gasteiger partial charge in [0.05, 0.1) is 0 Å². The molecule has 0 spiro atoms. The molecule has 0 aliphatic carbocycles. The van der Waals surface area contributed by atoms with Crippen molar-refractivity contribution in [3.05, 3.63) is 78.4 Å². The van der Waals surface area contributed by atoms with E-state index in [0.717, 1.165) is 11.3 Å². The van der Waals surface area contributed by atoms with Crippen LogP contribution in [-0.2, 0) is 0 Å². The molecule has 3 rings (SSSR count). The van der Waals surface area contributed by atoms with Crippen LogP contribution >= 0.6 is 8.45 Å². The van der Waals surface area contributed by atoms with E-state index < -0.39 is 8.45 Å². The van der Waals surface area contributed by atoms with Gasteiger partial charge in [0.1, 0.15) is 5.75 Å². The largest absolute Gasteiger partial charge is 0.436 e. The van der Waals surface area contributed by atoms with Gasteiger partial charge in [0, 0.05) is 24.8 Å². The lowest BCUT2D eigenvalue weighted by Gasteiger charge is -2.21. The van der Waals surface area contributed by atoms with E-state index in [-0.39, 0.29) is 0 Å². The van der Waals surface area contributed by atoms with Crippen molar-refractivity contribution in [2.45, 2.75) is 13.8 Å². The number of aromatic nitrogens is 2. The lowest BCUT2D eigenvalue weighted by molar-refractivity contribution is 0.587. The Labute approximate surface area is 120 Å². The fraction of sp³-hybridized carbons (Fsp3) is 0.125. The number of aryl methyl sites for hydroxylation is 2. The van der Waals surface area contributed by atoms with E-state index in [1.165, 1.54) is 5.56 Å². The quantitative estimate of drug-likeness (QED) is 0.640. The highest BCUT2D eigenvalue weighted by Gasteiger charge is 2.16. The van der Waals surface area contributed by atoms with Crippen molar-refractivity contribution in [2.75, 3.05) is 0 Å². The van der Waals surface area contributed by atoms with Crippen molar-refractivity contribution in [3.63, 3.8) is 0 Å². The van der Waals surface area contributed by atoms with Gasteiger partial charge in [-0.2, -0.15) is 0 Å². The van der Waals surface area contributed by atoms with E-state index >= 15 is 0 Å². The minimum atomic E-state index is -0.946. The first-order chi connectivity index (χ1) is 9.74. The van der Waals surface area contributed by atoms with Gasteiger partial charge < -0.3 is 4.52 Å². The zero-order valence-corrected chi connectivity index (χ0v) is 12.5. The molecule has 4 heteroatoms. The third kappa shape index (κ3) is 2.63. The standard InChI is InChI=1S/C16H17N2OP/c1-14-7-8-16(15(2)13-14)19-20(17-9-3-4-10-17)18-11-5-6-12-18/h3-13H,1-2H3. The molecule has 0 fully saturated rings. The van der Waals surface area contributed by atoms with Crippen LogP contribution in [-0.4, -0.2) is 8.68 Å². The molecule has 0 atom stereocenters. The van der Waals surface area contributed by atoms with Crippen LogP contribution in [0.4, 0.5) is 0 Å². The molecule has 0 radical (unpaired) electrons. The zero-order chi connectivity index (χ0) is 13.9. The fourth-order valence-corrected chi connectivity index (χ4v) is 3.65. The van der Waals surface area contributed by atoms with Gasteiger partial charge in [-0.25, -0.2) is 0 Å². The van der Waals surface area contributed by atoms with Crippen molar-refractivity contribution in [1.82, 2.24) is 8.68 Å². The fourth-order valence-electron chi connectivity index (χ4n) is 2.08. The summed E-state index contributed by atoms with van der Waals surface area (Å²) in [6.07, 6.45) is 8.15. The first-order valence-corrected chi connectivity index (χ1v) is 7.72. The van der Waals surface area contributed by atoms with Gasteiger partial charge in [0.25, 0.3) is 0 Å². The summed E-state index contributed by atoms with van der Waals surface area (Å²) in [5, 5.41) is 0. The van der Waals surface area contributed by atoms with E-state index in [0.29, 0.717) is 0 Å².